The van der Waals surface area contributed by atoms with E-state index >= 15 is 0 Å². The third-order valence-electron chi connectivity index (χ3n) is 2.73. The molecule has 8 heteroatoms. The number of amides is 1. The zero-order valence-electron chi connectivity index (χ0n) is 9.75. The zero-order valence-corrected chi connectivity index (χ0v) is 10.6. The Balaban J connectivity index is 2.45. The lowest BCUT2D eigenvalue weighted by molar-refractivity contribution is -0.149. The van der Waals surface area contributed by atoms with Crippen molar-refractivity contribution in [3.8, 4) is 0 Å². The van der Waals surface area contributed by atoms with Crippen molar-refractivity contribution in [3.63, 3.8) is 0 Å². The summed E-state index contributed by atoms with van der Waals surface area (Å²) in [6, 6.07) is -0.703. The van der Waals surface area contributed by atoms with Gasteiger partial charge in [-0.15, -0.1) is 11.8 Å². The van der Waals surface area contributed by atoms with Crippen LogP contribution < -0.4 is 5.73 Å². The highest BCUT2D eigenvalue weighted by atomic mass is 32.2. The Hall–Kier alpha value is -1.54. The second-order valence-electron chi connectivity index (χ2n) is 4.01. The van der Waals surface area contributed by atoms with E-state index in [4.69, 9.17) is 10.5 Å². The molecule has 0 aromatic heterocycles. The quantitative estimate of drug-likeness (QED) is 0.514. The van der Waals surface area contributed by atoms with Gasteiger partial charge in [0.2, 0.25) is 5.91 Å². The number of aliphatic carboxylic acids is 1. The first-order valence-electron chi connectivity index (χ1n) is 5.24. The number of fused-ring (bicyclic) bond motifs is 1. The normalized spacial score (nSPS) is 30.7. The third kappa shape index (κ3) is 1.77. The van der Waals surface area contributed by atoms with Crippen LogP contribution in [0.2, 0.25) is 0 Å². The first-order chi connectivity index (χ1) is 8.34. The summed E-state index contributed by atoms with van der Waals surface area (Å²) < 4.78 is 4.92. The fourth-order valence-electron chi connectivity index (χ4n) is 1.95. The number of thioether (sulfide) groups is 1. The number of carbonyl (C=O) groups is 3. The van der Waals surface area contributed by atoms with E-state index in [-0.39, 0.29) is 16.7 Å². The molecule has 3 atom stereocenters. The van der Waals surface area contributed by atoms with Crippen LogP contribution in [-0.2, 0) is 19.1 Å². The van der Waals surface area contributed by atoms with Gasteiger partial charge in [-0.1, -0.05) is 0 Å². The van der Waals surface area contributed by atoms with Gasteiger partial charge in [0.1, 0.15) is 11.4 Å². The van der Waals surface area contributed by atoms with E-state index < -0.39 is 29.3 Å². The van der Waals surface area contributed by atoms with Crippen LogP contribution in [0.5, 0.6) is 0 Å². The monoisotopic (exact) mass is 272 g/mol. The molecule has 0 radical (unpaired) electrons. The third-order valence-corrected chi connectivity index (χ3v) is 4.13. The van der Waals surface area contributed by atoms with Gasteiger partial charge in [-0.3, -0.25) is 14.5 Å². The lowest BCUT2D eigenvalue weighted by Crippen LogP contribution is -2.69. The molecule has 1 amide bonds. The van der Waals surface area contributed by atoms with Crippen LogP contribution in [0.1, 0.15) is 13.8 Å². The van der Waals surface area contributed by atoms with E-state index in [1.165, 1.54) is 18.7 Å². The number of rotatable bonds is 2. The molecule has 3 N–H and O–H groups in total. The van der Waals surface area contributed by atoms with Crippen molar-refractivity contribution in [3.05, 3.63) is 11.5 Å². The van der Waals surface area contributed by atoms with Crippen LogP contribution in [0.15, 0.2) is 11.5 Å². The van der Waals surface area contributed by atoms with Gasteiger partial charge >= 0.3 is 11.9 Å². The van der Waals surface area contributed by atoms with Crippen LogP contribution in [0.25, 0.3) is 0 Å². The SMILES string of the molecule is CC(=O)OC1=C(C(=O)O)N2C(=O)C(N)[C@H]2SC1C. The Morgan fingerprint density at radius 3 is 2.61 bits per heavy atom. The molecule has 1 fully saturated rings. The van der Waals surface area contributed by atoms with E-state index in [0.717, 1.165) is 4.90 Å². The summed E-state index contributed by atoms with van der Waals surface area (Å²) in [5, 5.41) is 8.42. The van der Waals surface area contributed by atoms with Gasteiger partial charge in [-0.25, -0.2) is 4.79 Å². The van der Waals surface area contributed by atoms with Crippen molar-refractivity contribution in [1.29, 1.82) is 0 Å². The summed E-state index contributed by atoms with van der Waals surface area (Å²) in [5.74, 6) is -2.39. The van der Waals surface area contributed by atoms with Crippen LogP contribution in [0.4, 0.5) is 0 Å². The van der Waals surface area contributed by atoms with E-state index in [0.29, 0.717) is 0 Å². The number of ether oxygens (including phenoxy) is 1. The van der Waals surface area contributed by atoms with Gasteiger partial charge in [0.15, 0.2) is 11.5 Å². The Morgan fingerprint density at radius 2 is 2.11 bits per heavy atom. The molecule has 2 unspecified atom stereocenters. The maximum Gasteiger partial charge on any atom is 0.356 e. The molecule has 7 nitrogen and oxygen atoms in total. The van der Waals surface area contributed by atoms with Crippen LogP contribution in [-0.4, -0.2) is 44.5 Å². The Bertz CT molecular complexity index is 475. The number of β-lactam (4-membered cyclic amide) rings is 1. The van der Waals surface area contributed by atoms with Crippen molar-refractivity contribution in [1.82, 2.24) is 4.90 Å². The molecule has 0 bridgehead atoms. The van der Waals surface area contributed by atoms with Gasteiger partial charge in [-0.2, -0.15) is 0 Å². The fourth-order valence-corrected chi connectivity index (χ4v) is 3.26. The molecule has 2 heterocycles. The maximum atomic E-state index is 11.6. The Labute approximate surface area is 107 Å². The van der Waals surface area contributed by atoms with Crippen molar-refractivity contribution in [2.45, 2.75) is 30.5 Å². The molecular weight excluding hydrogens is 260 g/mol. The van der Waals surface area contributed by atoms with Gasteiger partial charge in [0.25, 0.3) is 0 Å². The Kier molecular flexibility index (Phi) is 3.07. The second-order valence-corrected chi connectivity index (χ2v) is 5.48. The predicted molar refractivity (Wildman–Crippen MR) is 62.1 cm³/mol. The number of nitrogens with two attached hydrogens (primary N) is 1. The number of carboxylic acids is 1. The minimum atomic E-state index is -1.30. The van der Waals surface area contributed by atoms with E-state index in [9.17, 15) is 19.5 Å². The van der Waals surface area contributed by atoms with Crippen molar-refractivity contribution < 1.29 is 24.2 Å². The fraction of sp³-hybridized carbons (Fsp3) is 0.500. The molecular formula is C10H12N2O5S. The van der Waals surface area contributed by atoms with Crippen molar-refractivity contribution in [2.24, 2.45) is 5.73 Å². The van der Waals surface area contributed by atoms with E-state index in [1.54, 1.807) is 6.92 Å². The highest BCUT2D eigenvalue weighted by Gasteiger charge is 2.54. The van der Waals surface area contributed by atoms with E-state index in [1.807, 2.05) is 0 Å². The van der Waals surface area contributed by atoms with Gasteiger partial charge in [-0.05, 0) is 6.92 Å². The first-order valence-corrected chi connectivity index (χ1v) is 6.19. The van der Waals surface area contributed by atoms with Gasteiger partial charge in [0, 0.05) is 6.92 Å². The first kappa shape index (κ1) is 12.9. The zero-order chi connectivity index (χ0) is 13.6. The predicted octanol–water partition coefficient (Wildman–Crippen LogP) is -0.523. The highest BCUT2D eigenvalue weighted by Crippen LogP contribution is 2.43. The highest BCUT2D eigenvalue weighted by molar-refractivity contribution is 8.00. The standard InChI is InChI=1S/C10H12N2O5S/c1-3-7(17-4(2)13)6(10(15)16)12-8(14)5(11)9(12)18-3/h3,5,9H,11H2,1-2H3,(H,15,16)/t3?,5?,9-/m1/s1. The molecule has 98 valence electrons. The number of esters is 1. The topological polar surface area (TPSA) is 110 Å². The number of carboxylic acid groups (broad SMARTS) is 1. The summed E-state index contributed by atoms with van der Waals surface area (Å²) in [7, 11) is 0. The molecule has 2 rings (SSSR count). The van der Waals surface area contributed by atoms with E-state index in [2.05, 4.69) is 0 Å². The summed E-state index contributed by atoms with van der Waals surface area (Å²) >= 11 is 1.30. The summed E-state index contributed by atoms with van der Waals surface area (Å²) in [5.41, 5.74) is 5.33. The van der Waals surface area contributed by atoms with Crippen molar-refractivity contribution >= 4 is 29.6 Å². The minimum Gasteiger partial charge on any atom is -0.476 e. The number of hydrogen-bond donors (Lipinski definition) is 2. The van der Waals surface area contributed by atoms with Crippen LogP contribution >= 0.6 is 11.8 Å². The lowest BCUT2D eigenvalue weighted by atomic mass is 10.1. The van der Waals surface area contributed by atoms with Crippen molar-refractivity contribution in [2.75, 3.05) is 0 Å². The summed E-state index contributed by atoms with van der Waals surface area (Å²) in [6.45, 7) is 2.89. The molecule has 0 aromatic rings. The maximum absolute atomic E-state index is 11.6. The molecule has 0 aromatic carbocycles. The largest absolute Gasteiger partial charge is 0.476 e. The second kappa shape index (κ2) is 4.29. The smallest absolute Gasteiger partial charge is 0.356 e. The number of hydrogen-bond acceptors (Lipinski definition) is 6. The minimum absolute atomic E-state index is 0.00324. The molecule has 18 heavy (non-hydrogen) atoms. The molecule has 0 spiro atoms. The van der Waals surface area contributed by atoms with Gasteiger partial charge < -0.3 is 15.6 Å². The summed E-state index contributed by atoms with van der Waals surface area (Å²) in [4.78, 5) is 34.9. The van der Waals surface area contributed by atoms with Gasteiger partial charge in [0.05, 0.1) is 5.25 Å². The average Bonchev–Trinajstić information content (AvgIpc) is 2.29. The number of nitrogens with zero attached hydrogens (tertiary/aromatic N) is 1. The molecule has 2 aliphatic rings. The average molecular weight is 272 g/mol. The molecule has 2 aliphatic heterocycles. The lowest BCUT2D eigenvalue weighted by Gasteiger charge is -2.48. The molecule has 0 saturated carbocycles. The summed E-state index contributed by atoms with van der Waals surface area (Å²) in [6.07, 6.45) is 0. The Morgan fingerprint density at radius 1 is 1.50 bits per heavy atom. The van der Waals surface area contributed by atoms with Crippen LogP contribution in [0, 0.1) is 0 Å². The molecule has 1 saturated heterocycles. The van der Waals surface area contributed by atoms with Crippen LogP contribution in [0.3, 0.4) is 0 Å². The number of carbonyl (C=O) groups excluding carboxylic acids is 2. The molecule has 0 aliphatic carbocycles.